The zero-order valence-electron chi connectivity index (χ0n) is 14.6. The minimum absolute atomic E-state index is 0.0114. The van der Waals surface area contributed by atoms with Crippen LogP contribution < -0.4 is 5.32 Å². The first kappa shape index (κ1) is 16.5. The van der Waals surface area contributed by atoms with Crippen LogP contribution in [-0.2, 0) is 7.05 Å². The molecule has 0 unspecified atom stereocenters. The van der Waals surface area contributed by atoms with Crippen LogP contribution in [0.25, 0.3) is 0 Å². The van der Waals surface area contributed by atoms with Crippen molar-refractivity contribution in [2.45, 2.75) is 57.9 Å². The number of rotatable bonds is 4. The van der Waals surface area contributed by atoms with E-state index in [2.05, 4.69) is 15.2 Å². The molecule has 1 aliphatic heterocycles. The summed E-state index contributed by atoms with van der Waals surface area (Å²) in [5.41, 5.74) is 1.49. The Morgan fingerprint density at radius 1 is 1.26 bits per heavy atom. The Hall–Kier alpha value is -1.36. The average molecular weight is 318 g/mol. The van der Waals surface area contributed by atoms with Crippen molar-refractivity contribution < 1.29 is 4.79 Å². The molecule has 2 heterocycles. The minimum atomic E-state index is 0.0114. The molecule has 5 nitrogen and oxygen atoms in total. The molecule has 1 N–H and O–H groups in total. The molecule has 1 aliphatic carbocycles. The normalized spacial score (nSPS) is 23.8. The monoisotopic (exact) mass is 318 g/mol. The van der Waals surface area contributed by atoms with Gasteiger partial charge >= 0.3 is 0 Å². The maximum absolute atomic E-state index is 12.4. The van der Waals surface area contributed by atoms with Gasteiger partial charge in [-0.3, -0.25) is 4.79 Å². The fraction of sp³-hybridized carbons (Fsp3) is 0.778. The maximum atomic E-state index is 12.4. The number of hydrogen-bond donors (Lipinski definition) is 1. The highest BCUT2D eigenvalue weighted by Crippen LogP contribution is 2.26. The van der Waals surface area contributed by atoms with E-state index in [0.29, 0.717) is 11.6 Å². The molecule has 0 bridgehead atoms. The lowest BCUT2D eigenvalue weighted by Crippen LogP contribution is -2.46. The van der Waals surface area contributed by atoms with E-state index >= 15 is 0 Å². The van der Waals surface area contributed by atoms with Gasteiger partial charge in [0.1, 0.15) is 5.69 Å². The van der Waals surface area contributed by atoms with E-state index in [4.69, 9.17) is 0 Å². The standard InChI is InChI=1S/C18H30N4O/c1-14-17(21(2)13-20-14)18(23)19-11-15-7-6-10-22(12-15)16-8-4-3-5-9-16/h13,15-16H,3-12H2,1-2H3,(H,19,23)/t15-/m0/s1. The zero-order valence-corrected chi connectivity index (χ0v) is 14.6. The summed E-state index contributed by atoms with van der Waals surface area (Å²) in [6.45, 7) is 5.07. The first-order chi connectivity index (χ1) is 11.1. The summed E-state index contributed by atoms with van der Waals surface area (Å²) >= 11 is 0. The molecule has 23 heavy (non-hydrogen) atoms. The zero-order chi connectivity index (χ0) is 16.2. The molecule has 5 heteroatoms. The molecule has 1 atom stereocenters. The van der Waals surface area contributed by atoms with Crippen LogP contribution in [-0.4, -0.2) is 46.0 Å². The Labute approximate surface area is 139 Å². The Balaban J connectivity index is 1.51. The average Bonchev–Trinajstić information content (AvgIpc) is 2.92. The molecule has 0 radical (unpaired) electrons. The first-order valence-corrected chi connectivity index (χ1v) is 9.15. The lowest BCUT2D eigenvalue weighted by atomic mass is 9.90. The highest BCUT2D eigenvalue weighted by Gasteiger charge is 2.27. The van der Waals surface area contributed by atoms with E-state index in [1.165, 1.54) is 51.5 Å². The molecule has 2 fully saturated rings. The summed E-state index contributed by atoms with van der Waals surface area (Å²) < 4.78 is 1.81. The van der Waals surface area contributed by atoms with Gasteiger partial charge < -0.3 is 14.8 Å². The summed E-state index contributed by atoms with van der Waals surface area (Å²) in [5, 5.41) is 3.13. The van der Waals surface area contributed by atoms with Gasteiger partial charge in [-0.2, -0.15) is 0 Å². The van der Waals surface area contributed by atoms with Crippen molar-refractivity contribution in [2.24, 2.45) is 13.0 Å². The molecule has 0 spiro atoms. The van der Waals surface area contributed by atoms with Crippen LogP contribution in [0.5, 0.6) is 0 Å². The van der Waals surface area contributed by atoms with Crippen molar-refractivity contribution in [1.29, 1.82) is 0 Å². The maximum Gasteiger partial charge on any atom is 0.269 e. The van der Waals surface area contributed by atoms with Gasteiger partial charge in [0.25, 0.3) is 5.91 Å². The van der Waals surface area contributed by atoms with Crippen LogP contribution in [0.2, 0.25) is 0 Å². The Kier molecular flexibility index (Phi) is 5.36. The molecular weight excluding hydrogens is 288 g/mol. The molecule has 1 aromatic rings. The second-order valence-electron chi connectivity index (χ2n) is 7.29. The number of imidazole rings is 1. The van der Waals surface area contributed by atoms with Crippen molar-refractivity contribution in [3.05, 3.63) is 17.7 Å². The van der Waals surface area contributed by atoms with E-state index in [-0.39, 0.29) is 5.91 Å². The molecular formula is C18H30N4O. The van der Waals surface area contributed by atoms with Crippen molar-refractivity contribution in [3.8, 4) is 0 Å². The van der Waals surface area contributed by atoms with E-state index in [1.54, 1.807) is 10.9 Å². The summed E-state index contributed by atoms with van der Waals surface area (Å²) in [4.78, 5) is 19.3. The number of aryl methyl sites for hydroxylation is 2. The van der Waals surface area contributed by atoms with Gasteiger partial charge in [0.15, 0.2) is 0 Å². The Morgan fingerprint density at radius 2 is 2.04 bits per heavy atom. The predicted molar refractivity (Wildman–Crippen MR) is 91.4 cm³/mol. The number of piperidine rings is 1. The molecule has 128 valence electrons. The topological polar surface area (TPSA) is 50.2 Å². The van der Waals surface area contributed by atoms with Gasteiger partial charge in [0, 0.05) is 26.2 Å². The second kappa shape index (κ2) is 7.47. The third kappa shape index (κ3) is 3.94. The number of nitrogens with one attached hydrogen (secondary N) is 1. The van der Waals surface area contributed by atoms with E-state index in [9.17, 15) is 4.79 Å². The molecule has 1 aromatic heterocycles. The van der Waals surface area contributed by atoms with Crippen molar-refractivity contribution in [3.63, 3.8) is 0 Å². The van der Waals surface area contributed by atoms with Gasteiger partial charge in [-0.1, -0.05) is 19.3 Å². The third-order valence-electron chi connectivity index (χ3n) is 5.53. The Bertz CT molecular complexity index is 514. The second-order valence-corrected chi connectivity index (χ2v) is 7.29. The van der Waals surface area contributed by atoms with Crippen LogP contribution in [0.1, 0.15) is 61.1 Å². The lowest BCUT2D eigenvalue weighted by molar-refractivity contribution is 0.0860. The van der Waals surface area contributed by atoms with Gasteiger partial charge in [0.05, 0.1) is 12.0 Å². The van der Waals surface area contributed by atoms with Crippen LogP contribution in [0.15, 0.2) is 6.33 Å². The van der Waals surface area contributed by atoms with Gasteiger partial charge in [-0.25, -0.2) is 4.98 Å². The molecule has 1 amide bonds. The Morgan fingerprint density at radius 3 is 2.74 bits per heavy atom. The third-order valence-corrected chi connectivity index (χ3v) is 5.53. The molecule has 1 saturated heterocycles. The van der Waals surface area contributed by atoms with E-state index in [0.717, 1.165) is 24.8 Å². The SMILES string of the molecule is Cc1ncn(C)c1C(=O)NC[C@@H]1CCCN(C2CCCCC2)C1. The molecule has 1 saturated carbocycles. The molecule has 3 rings (SSSR count). The molecule has 0 aromatic carbocycles. The first-order valence-electron chi connectivity index (χ1n) is 9.15. The lowest BCUT2D eigenvalue weighted by Gasteiger charge is -2.40. The summed E-state index contributed by atoms with van der Waals surface area (Å²) in [7, 11) is 1.88. The number of carbonyl (C=O) groups excluding carboxylic acids is 1. The minimum Gasteiger partial charge on any atom is -0.350 e. The van der Waals surface area contributed by atoms with E-state index in [1.807, 2.05) is 14.0 Å². The fourth-order valence-corrected chi connectivity index (χ4v) is 4.23. The summed E-state index contributed by atoms with van der Waals surface area (Å²) in [6, 6.07) is 0.793. The number of hydrogen-bond acceptors (Lipinski definition) is 3. The summed E-state index contributed by atoms with van der Waals surface area (Å²) in [6.07, 6.45) is 11.1. The fourth-order valence-electron chi connectivity index (χ4n) is 4.23. The van der Waals surface area contributed by atoms with Crippen LogP contribution in [0.3, 0.4) is 0 Å². The highest BCUT2D eigenvalue weighted by molar-refractivity contribution is 5.93. The van der Waals surface area contributed by atoms with Crippen LogP contribution in [0.4, 0.5) is 0 Å². The number of nitrogens with zero attached hydrogens (tertiary/aromatic N) is 3. The van der Waals surface area contributed by atoms with Gasteiger partial charge in [-0.05, 0) is 45.1 Å². The van der Waals surface area contributed by atoms with Crippen molar-refractivity contribution >= 4 is 5.91 Å². The highest BCUT2D eigenvalue weighted by atomic mass is 16.2. The van der Waals surface area contributed by atoms with Crippen molar-refractivity contribution in [2.75, 3.05) is 19.6 Å². The number of amides is 1. The predicted octanol–water partition coefficient (Wildman–Crippen LogP) is 2.50. The quantitative estimate of drug-likeness (QED) is 0.928. The summed E-state index contributed by atoms with van der Waals surface area (Å²) in [5.74, 6) is 0.598. The largest absolute Gasteiger partial charge is 0.350 e. The van der Waals surface area contributed by atoms with Crippen molar-refractivity contribution in [1.82, 2.24) is 19.8 Å². The van der Waals surface area contributed by atoms with Gasteiger partial charge in [-0.15, -0.1) is 0 Å². The van der Waals surface area contributed by atoms with Crippen LogP contribution in [0, 0.1) is 12.8 Å². The molecule has 2 aliphatic rings. The number of likely N-dealkylation sites (tertiary alicyclic amines) is 1. The van der Waals surface area contributed by atoms with Gasteiger partial charge in [0.2, 0.25) is 0 Å². The number of aromatic nitrogens is 2. The van der Waals surface area contributed by atoms with E-state index < -0.39 is 0 Å². The number of carbonyl (C=O) groups is 1. The van der Waals surface area contributed by atoms with Crippen LogP contribution >= 0.6 is 0 Å². The smallest absolute Gasteiger partial charge is 0.269 e.